The van der Waals surface area contributed by atoms with Crippen molar-refractivity contribution < 1.29 is 14.3 Å². The van der Waals surface area contributed by atoms with Crippen LogP contribution in [0.25, 0.3) is 0 Å². The molecule has 0 unspecified atom stereocenters. The van der Waals surface area contributed by atoms with Crippen LogP contribution in [-0.4, -0.2) is 53.1 Å². The largest absolute Gasteiger partial charge is 0.444 e. The number of rotatable bonds is 1. The van der Waals surface area contributed by atoms with Gasteiger partial charge in [-0.2, -0.15) is 0 Å². The molecule has 0 radical (unpaired) electrons. The van der Waals surface area contributed by atoms with Gasteiger partial charge in [0.15, 0.2) is 0 Å². The van der Waals surface area contributed by atoms with Gasteiger partial charge in [0.1, 0.15) is 5.60 Å². The Hall–Kier alpha value is -1.52. The molecule has 0 saturated carbocycles. The van der Waals surface area contributed by atoms with Crippen LogP contribution in [-0.2, 0) is 9.53 Å². The van der Waals surface area contributed by atoms with Crippen molar-refractivity contribution in [3.63, 3.8) is 0 Å². The number of carbonyl (C=O) groups is 2. The molecule has 2 aliphatic heterocycles. The van der Waals surface area contributed by atoms with Gasteiger partial charge in [-0.25, -0.2) is 4.79 Å². The minimum absolute atomic E-state index is 0.116. The monoisotopic (exact) mass is 294 g/mol. The number of hydrogen-bond acceptors (Lipinski definition) is 3. The molecule has 2 rings (SSSR count). The van der Waals surface area contributed by atoms with Gasteiger partial charge in [0, 0.05) is 25.7 Å². The summed E-state index contributed by atoms with van der Waals surface area (Å²) in [6, 6.07) is -0.116. The van der Waals surface area contributed by atoms with E-state index in [0.29, 0.717) is 19.6 Å². The van der Waals surface area contributed by atoms with E-state index in [9.17, 15) is 9.59 Å². The molecule has 0 aromatic carbocycles. The Morgan fingerprint density at radius 2 is 1.90 bits per heavy atom. The van der Waals surface area contributed by atoms with Crippen LogP contribution >= 0.6 is 0 Å². The molecule has 21 heavy (non-hydrogen) atoms. The lowest BCUT2D eigenvalue weighted by Gasteiger charge is -2.43. The zero-order chi connectivity index (χ0) is 15.8. The lowest BCUT2D eigenvalue weighted by Crippen LogP contribution is -2.55. The van der Waals surface area contributed by atoms with Crippen LogP contribution in [0.3, 0.4) is 0 Å². The number of nitrogens with zero attached hydrogens (tertiary/aromatic N) is 2. The smallest absolute Gasteiger partial charge is 0.410 e. The molecule has 0 aromatic rings. The van der Waals surface area contributed by atoms with Gasteiger partial charge in [-0.15, -0.1) is 0 Å². The molecule has 2 heterocycles. The number of amides is 2. The van der Waals surface area contributed by atoms with E-state index in [4.69, 9.17) is 4.74 Å². The molecule has 0 bridgehead atoms. The fourth-order valence-corrected chi connectivity index (χ4v) is 2.94. The van der Waals surface area contributed by atoms with Crippen molar-refractivity contribution in [3.05, 3.63) is 12.2 Å². The van der Waals surface area contributed by atoms with Crippen molar-refractivity contribution >= 4 is 12.0 Å². The molecule has 2 fully saturated rings. The summed E-state index contributed by atoms with van der Waals surface area (Å²) in [7, 11) is 0. The quantitative estimate of drug-likeness (QED) is 0.698. The van der Waals surface area contributed by atoms with E-state index in [1.54, 1.807) is 4.90 Å². The van der Waals surface area contributed by atoms with Crippen LogP contribution in [0, 0.1) is 5.92 Å². The molecule has 2 saturated heterocycles. The number of likely N-dealkylation sites (tertiary alicyclic amines) is 2. The van der Waals surface area contributed by atoms with Gasteiger partial charge in [0.25, 0.3) is 0 Å². The minimum Gasteiger partial charge on any atom is -0.444 e. The zero-order valence-corrected chi connectivity index (χ0v) is 13.5. The van der Waals surface area contributed by atoms with Crippen LogP contribution in [0.1, 0.15) is 40.5 Å². The Balaban J connectivity index is 2.00. The van der Waals surface area contributed by atoms with Gasteiger partial charge in [-0.3, -0.25) is 4.79 Å². The molecule has 0 aromatic heterocycles. The molecule has 0 aliphatic carbocycles. The highest BCUT2D eigenvalue weighted by atomic mass is 16.6. The van der Waals surface area contributed by atoms with E-state index < -0.39 is 5.60 Å². The first-order chi connectivity index (χ1) is 9.69. The fourth-order valence-electron chi connectivity index (χ4n) is 2.94. The second kappa shape index (κ2) is 5.70. The van der Waals surface area contributed by atoms with Gasteiger partial charge in [0.2, 0.25) is 5.91 Å². The van der Waals surface area contributed by atoms with E-state index in [-0.39, 0.29) is 24.0 Å². The van der Waals surface area contributed by atoms with Crippen molar-refractivity contribution in [2.45, 2.75) is 52.2 Å². The number of piperidine rings is 1. The first-order valence-electron chi connectivity index (χ1n) is 7.64. The van der Waals surface area contributed by atoms with Gasteiger partial charge in [0.05, 0.1) is 5.92 Å². The predicted molar refractivity (Wildman–Crippen MR) is 80.8 cm³/mol. The SMILES string of the molecule is C=C1CN(C(=O)[C@@H]2CCCN(C(=O)OC(C)(C)C)[C@@H]2C)C1. The van der Waals surface area contributed by atoms with Crippen LogP contribution in [0.15, 0.2) is 12.2 Å². The first-order valence-corrected chi connectivity index (χ1v) is 7.64. The number of hydrogen-bond donors (Lipinski definition) is 0. The maximum Gasteiger partial charge on any atom is 0.410 e. The third kappa shape index (κ3) is 3.57. The second-order valence-corrected chi connectivity index (χ2v) is 7.11. The van der Waals surface area contributed by atoms with E-state index in [1.165, 1.54) is 0 Å². The summed E-state index contributed by atoms with van der Waals surface area (Å²) in [6.07, 6.45) is 1.36. The Kier molecular flexibility index (Phi) is 4.30. The van der Waals surface area contributed by atoms with E-state index in [1.807, 2.05) is 32.6 Å². The van der Waals surface area contributed by atoms with Crippen LogP contribution in [0.4, 0.5) is 4.79 Å². The lowest BCUT2D eigenvalue weighted by atomic mass is 9.88. The Labute approximate surface area is 126 Å². The van der Waals surface area contributed by atoms with Gasteiger partial charge >= 0.3 is 6.09 Å². The highest BCUT2D eigenvalue weighted by Crippen LogP contribution is 2.29. The molecule has 5 heteroatoms. The van der Waals surface area contributed by atoms with Crippen molar-refractivity contribution in [1.29, 1.82) is 0 Å². The Morgan fingerprint density at radius 1 is 1.29 bits per heavy atom. The maximum absolute atomic E-state index is 12.5. The van der Waals surface area contributed by atoms with Crippen LogP contribution < -0.4 is 0 Å². The second-order valence-electron chi connectivity index (χ2n) is 7.11. The summed E-state index contributed by atoms with van der Waals surface area (Å²) >= 11 is 0. The summed E-state index contributed by atoms with van der Waals surface area (Å²) in [6.45, 7) is 13.4. The molecule has 2 aliphatic rings. The molecule has 5 nitrogen and oxygen atoms in total. The van der Waals surface area contributed by atoms with Crippen molar-refractivity contribution in [1.82, 2.24) is 9.80 Å². The van der Waals surface area contributed by atoms with Crippen molar-refractivity contribution in [2.75, 3.05) is 19.6 Å². The van der Waals surface area contributed by atoms with Crippen LogP contribution in [0.5, 0.6) is 0 Å². The number of carbonyl (C=O) groups excluding carboxylic acids is 2. The first kappa shape index (κ1) is 15.9. The standard InChI is InChI=1S/C16H26N2O3/c1-11-9-17(10-11)14(19)13-7-6-8-18(12(13)2)15(20)21-16(3,4)5/h12-13H,1,6-10H2,2-5H3/t12-,13-/m1/s1. The van der Waals surface area contributed by atoms with E-state index in [2.05, 4.69) is 6.58 Å². The minimum atomic E-state index is -0.511. The highest BCUT2D eigenvalue weighted by molar-refractivity contribution is 5.82. The molecular weight excluding hydrogens is 268 g/mol. The van der Waals surface area contributed by atoms with E-state index >= 15 is 0 Å². The van der Waals surface area contributed by atoms with Gasteiger partial charge in [-0.1, -0.05) is 6.58 Å². The molecule has 2 atom stereocenters. The highest BCUT2D eigenvalue weighted by Gasteiger charge is 2.40. The molecular formula is C16H26N2O3. The zero-order valence-electron chi connectivity index (χ0n) is 13.5. The summed E-state index contributed by atoms with van der Waals surface area (Å²) in [5.74, 6) is 0.0162. The van der Waals surface area contributed by atoms with Crippen LogP contribution in [0.2, 0.25) is 0 Å². The fraction of sp³-hybridized carbons (Fsp3) is 0.750. The molecule has 0 spiro atoms. The van der Waals surface area contributed by atoms with E-state index in [0.717, 1.165) is 18.4 Å². The molecule has 0 N–H and O–H groups in total. The summed E-state index contributed by atoms with van der Waals surface area (Å²) in [5.41, 5.74) is 0.582. The predicted octanol–water partition coefficient (Wildman–Crippen LogP) is 2.42. The topological polar surface area (TPSA) is 49.9 Å². The lowest BCUT2D eigenvalue weighted by molar-refractivity contribution is -0.140. The molecule has 2 amide bonds. The summed E-state index contributed by atoms with van der Waals surface area (Å²) in [4.78, 5) is 28.3. The Morgan fingerprint density at radius 3 is 2.43 bits per heavy atom. The average molecular weight is 294 g/mol. The van der Waals surface area contributed by atoms with Crippen molar-refractivity contribution in [3.8, 4) is 0 Å². The molecule has 118 valence electrons. The Bertz CT molecular complexity index is 445. The maximum atomic E-state index is 12.5. The third-order valence-corrected chi connectivity index (χ3v) is 4.07. The van der Waals surface area contributed by atoms with Crippen molar-refractivity contribution in [2.24, 2.45) is 5.92 Å². The summed E-state index contributed by atoms with van der Waals surface area (Å²) in [5, 5.41) is 0. The average Bonchev–Trinajstić information content (AvgIpc) is 2.32. The van der Waals surface area contributed by atoms with Gasteiger partial charge < -0.3 is 14.5 Å². The van der Waals surface area contributed by atoms with Gasteiger partial charge in [-0.05, 0) is 46.1 Å². The third-order valence-electron chi connectivity index (χ3n) is 4.07. The normalized spacial score (nSPS) is 26.4. The summed E-state index contributed by atoms with van der Waals surface area (Å²) < 4.78 is 5.44. The number of ether oxygens (including phenoxy) is 1.